The number of aliphatic carboxylic acids is 1. The molecule has 2 fully saturated rings. The zero-order valence-electron chi connectivity index (χ0n) is 21.7. The smallest absolute Gasteiger partial charge is 0.303 e. The molecule has 11 nitrogen and oxygen atoms in total. The van der Waals surface area contributed by atoms with Gasteiger partial charge in [0.05, 0.1) is 32.0 Å². The zero-order chi connectivity index (χ0) is 26.9. The van der Waals surface area contributed by atoms with Crippen LogP contribution in [0.1, 0.15) is 45.4 Å². The molecule has 2 aromatic rings. The van der Waals surface area contributed by atoms with Crippen molar-refractivity contribution < 1.29 is 29.0 Å². The highest BCUT2D eigenvalue weighted by Gasteiger charge is 2.28. The predicted molar refractivity (Wildman–Crippen MR) is 140 cm³/mol. The Kier molecular flexibility index (Phi) is 9.34. The van der Waals surface area contributed by atoms with E-state index in [1.807, 2.05) is 31.2 Å². The fourth-order valence-corrected chi connectivity index (χ4v) is 4.80. The van der Waals surface area contributed by atoms with Gasteiger partial charge in [-0.3, -0.25) is 19.4 Å². The Hall–Kier alpha value is -3.89. The number of piperidine rings is 2. The van der Waals surface area contributed by atoms with Crippen molar-refractivity contribution in [3.63, 3.8) is 0 Å². The van der Waals surface area contributed by atoms with Crippen molar-refractivity contribution in [1.82, 2.24) is 14.9 Å². The number of amides is 2. The molecule has 2 aliphatic heterocycles. The van der Waals surface area contributed by atoms with Gasteiger partial charge in [0, 0.05) is 32.0 Å². The lowest BCUT2D eigenvalue weighted by atomic mass is 9.95. The molecule has 4 rings (SSSR count). The third kappa shape index (κ3) is 7.33. The molecule has 0 bridgehead atoms. The van der Waals surface area contributed by atoms with E-state index in [1.54, 1.807) is 11.1 Å². The quantitative estimate of drug-likeness (QED) is 0.480. The fourth-order valence-electron chi connectivity index (χ4n) is 4.80. The van der Waals surface area contributed by atoms with Crippen LogP contribution in [0.25, 0.3) is 0 Å². The van der Waals surface area contributed by atoms with Gasteiger partial charge < -0.3 is 29.7 Å². The summed E-state index contributed by atoms with van der Waals surface area (Å²) in [5, 5.41) is 11.7. The van der Waals surface area contributed by atoms with Gasteiger partial charge in [-0.05, 0) is 44.7 Å². The lowest BCUT2D eigenvalue weighted by molar-refractivity contribution is -0.141. The summed E-state index contributed by atoms with van der Waals surface area (Å²) in [6.45, 7) is 4.83. The molecule has 2 N–H and O–H groups in total. The van der Waals surface area contributed by atoms with Crippen molar-refractivity contribution in [2.75, 3.05) is 43.0 Å². The molecule has 0 radical (unpaired) electrons. The summed E-state index contributed by atoms with van der Waals surface area (Å²) in [6, 6.07) is 7.66. The van der Waals surface area contributed by atoms with Crippen molar-refractivity contribution in [2.45, 2.75) is 51.6 Å². The highest BCUT2D eigenvalue weighted by atomic mass is 16.5. The number of carboxylic acid groups (broad SMARTS) is 1. The SMILES string of the molecule is CCOc1ccccc1O[C@@H]1CCCN(c2cncc(NC(=O)C3CCN(C(=O)CCC(=O)O)CC3)n2)C1. The van der Waals surface area contributed by atoms with Crippen molar-refractivity contribution >= 4 is 29.4 Å². The Morgan fingerprint density at radius 3 is 2.55 bits per heavy atom. The number of benzene rings is 1. The summed E-state index contributed by atoms with van der Waals surface area (Å²) in [4.78, 5) is 48.4. The molecule has 11 heteroatoms. The van der Waals surface area contributed by atoms with Crippen LogP contribution in [0.3, 0.4) is 0 Å². The van der Waals surface area contributed by atoms with Crippen molar-refractivity contribution in [1.29, 1.82) is 0 Å². The van der Waals surface area contributed by atoms with Crippen LogP contribution in [0.5, 0.6) is 11.5 Å². The van der Waals surface area contributed by atoms with E-state index in [-0.39, 0.29) is 36.7 Å². The first-order valence-electron chi connectivity index (χ1n) is 13.2. The van der Waals surface area contributed by atoms with Gasteiger partial charge in [0.2, 0.25) is 11.8 Å². The molecule has 2 aliphatic rings. The summed E-state index contributed by atoms with van der Waals surface area (Å²) >= 11 is 0. The average Bonchev–Trinajstić information content (AvgIpc) is 2.93. The van der Waals surface area contributed by atoms with Gasteiger partial charge in [0.25, 0.3) is 0 Å². The van der Waals surface area contributed by atoms with Gasteiger partial charge in [-0.25, -0.2) is 4.98 Å². The maximum absolute atomic E-state index is 12.9. The number of likely N-dealkylation sites (tertiary alicyclic amines) is 1. The van der Waals surface area contributed by atoms with E-state index in [0.29, 0.717) is 50.7 Å². The van der Waals surface area contributed by atoms with E-state index in [2.05, 4.69) is 20.2 Å². The van der Waals surface area contributed by atoms with E-state index >= 15 is 0 Å². The number of hydrogen-bond acceptors (Lipinski definition) is 8. The number of carbonyl (C=O) groups is 3. The molecule has 38 heavy (non-hydrogen) atoms. The average molecular weight is 526 g/mol. The summed E-state index contributed by atoms with van der Waals surface area (Å²) < 4.78 is 12.0. The predicted octanol–water partition coefficient (Wildman–Crippen LogP) is 2.97. The van der Waals surface area contributed by atoms with Gasteiger partial charge in [-0.2, -0.15) is 0 Å². The Morgan fingerprint density at radius 2 is 1.82 bits per heavy atom. The number of rotatable bonds is 10. The van der Waals surface area contributed by atoms with E-state index in [4.69, 9.17) is 14.6 Å². The molecule has 0 saturated carbocycles. The van der Waals surface area contributed by atoms with E-state index < -0.39 is 5.97 Å². The minimum Gasteiger partial charge on any atom is -0.490 e. The molecule has 1 aromatic carbocycles. The Bertz CT molecular complexity index is 1120. The van der Waals surface area contributed by atoms with Crippen LogP contribution < -0.4 is 19.7 Å². The lowest BCUT2D eigenvalue weighted by Crippen LogP contribution is -2.42. The van der Waals surface area contributed by atoms with Crippen molar-refractivity contribution in [3.8, 4) is 11.5 Å². The Labute approximate surface area is 222 Å². The van der Waals surface area contributed by atoms with Gasteiger partial charge >= 0.3 is 5.97 Å². The minimum atomic E-state index is -0.990. The lowest BCUT2D eigenvalue weighted by Gasteiger charge is -2.34. The molecule has 1 atom stereocenters. The standard InChI is InChI=1S/C27H35N5O6/c1-2-37-21-7-3-4-8-22(21)38-20-6-5-13-32(18-20)24-17-28-16-23(29-24)30-27(36)19-11-14-31(15-12-19)25(33)9-10-26(34)35/h3-4,7-8,16-17,19-20H,2,5-6,9-15,18H2,1H3,(H,34,35)(H,29,30,36)/t20-/m1/s1. The monoisotopic (exact) mass is 525 g/mol. The number of carbonyl (C=O) groups excluding carboxylic acids is 2. The number of aromatic nitrogens is 2. The number of nitrogens with one attached hydrogen (secondary N) is 1. The van der Waals surface area contributed by atoms with Crippen LogP contribution in [0.15, 0.2) is 36.7 Å². The largest absolute Gasteiger partial charge is 0.490 e. The first-order chi connectivity index (χ1) is 18.4. The van der Waals surface area contributed by atoms with Crippen molar-refractivity contribution in [2.24, 2.45) is 5.92 Å². The molecule has 2 amide bonds. The minimum absolute atomic E-state index is 0.0179. The second kappa shape index (κ2) is 13.1. The number of para-hydroxylation sites is 2. The molecule has 3 heterocycles. The summed E-state index contributed by atoms with van der Waals surface area (Å²) in [5.41, 5.74) is 0. The first-order valence-corrected chi connectivity index (χ1v) is 13.2. The zero-order valence-corrected chi connectivity index (χ0v) is 21.7. The van der Waals surface area contributed by atoms with E-state index in [0.717, 1.165) is 30.9 Å². The number of carboxylic acids is 1. The number of hydrogen-bond donors (Lipinski definition) is 2. The van der Waals surface area contributed by atoms with Gasteiger partial charge in [0.15, 0.2) is 17.3 Å². The van der Waals surface area contributed by atoms with Crippen LogP contribution >= 0.6 is 0 Å². The Balaban J connectivity index is 1.30. The highest BCUT2D eigenvalue weighted by Crippen LogP contribution is 2.30. The molecule has 1 aromatic heterocycles. The maximum Gasteiger partial charge on any atom is 0.303 e. The highest BCUT2D eigenvalue weighted by molar-refractivity contribution is 5.92. The number of nitrogens with zero attached hydrogens (tertiary/aromatic N) is 4. The van der Waals surface area contributed by atoms with Crippen LogP contribution in [-0.2, 0) is 14.4 Å². The fraction of sp³-hybridized carbons (Fsp3) is 0.519. The summed E-state index contributed by atoms with van der Waals surface area (Å²) in [7, 11) is 0. The first kappa shape index (κ1) is 27.2. The third-order valence-corrected chi connectivity index (χ3v) is 6.79. The summed E-state index contributed by atoms with van der Waals surface area (Å²) in [5.74, 6) is 0.939. The molecular weight excluding hydrogens is 490 g/mol. The van der Waals surface area contributed by atoms with Gasteiger partial charge in [0.1, 0.15) is 11.9 Å². The molecule has 2 saturated heterocycles. The summed E-state index contributed by atoms with van der Waals surface area (Å²) in [6.07, 6.45) is 5.87. The number of ether oxygens (including phenoxy) is 2. The van der Waals surface area contributed by atoms with Crippen LogP contribution in [0.2, 0.25) is 0 Å². The van der Waals surface area contributed by atoms with Crippen LogP contribution in [-0.4, -0.2) is 76.6 Å². The molecule has 0 aliphatic carbocycles. The van der Waals surface area contributed by atoms with Crippen molar-refractivity contribution in [3.05, 3.63) is 36.7 Å². The molecular formula is C27H35N5O6. The number of anilines is 2. The van der Waals surface area contributed by atoms with E-state index in [9.17, 15) is 14.4 Å². The molecule has 204 valence electrons. The Morgan fingerprint density at radius 1 is 1.05 bits per heavy atom. The second-order valence-electron chi connectivity index (χ2n) is 9.51. The van der Waals surface area contributed by atoms with Crippen LogP contribution in [0.4, 0.5) is 11.6 Å². The second-order valence-corrected chi connectivity index (χ2v) is 9.51. The van der Waals surface area contributed by atoms with Gasteiger partial charge in [-0.15, -0.1) is 0 Å². The van der Waals surface area contributed by atoms with Crippen LogP contribution in [0, 0.1) is 5.92 Å². The van der Waals surface area contributed by atoms with E-state index in [1.165, 1.54) is 6.20 Å². The van der Waals surface area contributed by atoms with Gasteiger partial charge in [-0.1, -0.05) is 12.1 Å². The third-order valence-electron chi connectivity index (χ3n) is 6.79. The molecule has 0 unspecified atom stereocenters. The maximum atomic E-state index is 12.9. The normalized spacial score (nSPS) is 18.1. The molecule has 0 spiro atoms. The topological polar surface area (TPSA) is 134 Å².